The number of nitrogens with zero attached hydrogens (tertiary/aromatic N) is 3. The summed E-state index contributed by atoms with van der Waals surface area (Å²) < 4.78 is 26.5. The van der Waals surface area contributed by atoms with E-state index in [1.165, 1.54) is 12.1 Å². The molecule has 0 aliphatic carbocycles. The second-order valence-corrected chi connectivity index (χ2v) is 9.23. The second-order valence-electron chi connectivity index (χ2n) is 9.23. The maximum atomic E-state index is 14.1. The van der Waals surface area contributed by atoms with Crippen LogP contribution in [0.3, 0.4) is 0 Å². The van der Waals surface area contributed by atoms with Gasteiger partial charge < -0.3 is 19.3 Å². The molecule has 0 N–H and O–H groups in total. The molecule has 0 spiro atoms. The number of carbonyl (C=O) groups excluding carboxylic acids is 1. The standard InChI is InChI=1S/C30H30FN3O3/c1-21-29(20-36-26-10-6-9-25(18-26)34-15-13-33(14-16-34)22(2)35)32-28-12-11-24(31)17-27(28)30(21)37-19-23-7-4-3-5-8-23/h3-12,17-18H,13-16,19-20H2,1-2H3. The van der Waals surface area contributed by atoms with E-state index in [-0.39, 0.29) is 18.3 Å². The van der Waals surface area contributed by atoms with E-state index in [1.807, 2.05) is 60.4 Å². The molecule has 1 saturated heterocycles. The molecule has 1 amide bonds. The zero-order valence-electron chi connectivity index (χ0n) is 21.1. The molecular formula is C30H30FN3O3. The fourth-order valence-electron chi connectivity index (χ4n) is 4.61. The van der Waals surface area contributed by atoms with Gasteiger partial charge in [-0.2, -0.15) is 0 Å². The van der Waals surface area contributed by atoms with Crippen LogP contribution in [-0.2, 0) is 18.0 Å². The van der Waals surface area contributed by atoms with Gasteiger partial charge in [-0.25, -0.2) is 9.37 Å². The van der Waals surface area contributed by atoms with Gasteiger partial charge in [-0.15, -0.1) is 0 Å². The Morgan fingerprint density at radius 3 is 2.46 bits per heavy atom. The zero-order chi connectivity index (χ0) is 25.8. The van der Waals surface area contributed by atoms with E-state index in [0.717, 1.165) is 41.3 Å². The zero-order valence-corrected chi connectivity index (χ0v) is 21.1. The summed E-state index contributed by atoms with van der Waals surface area (Å²) in [6.07, 6.45) is 0. The number of halogens is 1. The van der Waals surface area contributed by atoms with Gasteiger partial charge >= 0.3 is 0 Å². The topological polar surface area (TPSA) is 54.9 Å². The maximum absolute atomic E-state index is 14.1. The van der Waals surface area contributed by atoms with Crippen molar-refractivity contribution in [2.45, 2.75) is 27.1 Å². The molecule has 0 bridgehead atoms. The Bertz CT molecular complexity index is 1400. The lowest BCUT2D eigenvalue weighted by Gasteiger charge is -2.35. The molecule has 0 atom stereocenters. The monoisotopic (exact) mass is 499 g/mol. The van der Waals surface area contributed by atoms with E-state index in [0.29, 0.717) is 36.3 Å². The summed E-state index contributed by atoms with van der Waals surface area (Å²) >= 11 is 0. The Kier molecular flexibility index (Phi) is 7.21. The van der Waals surface area contributed by atoms with Crippen molar-refractivity contribution in [2.75, 3.05) is 31.1 Å². The molecule has 0 unspecified atom stereocenters. The average molecular weight is 500 g/mol. The Balaban J connectivity index is 1.35. The second kappa shape index (κ2) is 10.9. The highest BCUT2D eigenvalue weighted by atomic mass is 19.1. The number of aromatic nitrogens is 1. The van der Waals surface area contributed by atoms with Crippen LogP contribution in [0.15, 0.2) is 72.8 Å². The van der Waals surface area contributed by atoms with Crippen molar-refractivity contribution in [2.24, 2.45) is 0 Å². The molecule has 6 nitrogen and oxygen atoms in total. The third-order valence-corrected chi connectivity index (χ3v) is 6.74. The molecule has 37 heavy (non-hydrogen) atoms. The number of pyridine rings is 1. The lowest BCUT2D eigenvalue weighted by molar-refractivity contribution is -0.129. The lowest BCUT2D eigenvalue weighted by atomic mass is 10.1. The van der Waals surface area contributed by atoms with E-state index in [9.17, 15) is 9.18 Å². The molecule has 1 aliphatic heterocycles. The van der Waals surface area contributed by atoms with Gasteiger partial charge in [-0.05, 0) is 42.8 Å². The summed E-state index contributed by atoms with van der Waals surface area (Å²) in [4.78, 5) is 20.5. The molecule has 0 saturated carbocycles. The first kappa shape index (κ1) is 24.6. The van der Waals surface area contributed by atoms with Gasteiger partial charge in [-0.3, -0.25) is 4.79 Å². The van der Waals surface area contributed by atoms with Gasteiger partial charge in [0.15, 0.2) is 0 Å². The van der Waals surface area contributed by atoms with Gasteiger partial charge in [-0.1, -0.05) is 36.4 Å². The molecule has 1 aromatic heterocycles. The Hall–Kier alpha value is -4.13. The highest BCUT2D eigenvalue weighted by Crippen LogP contribution is 2.32. The molecule has 1 aliphatic rings. The predicted octanol–water partition coefficient (Wildman–Crippen LogP) is 5.51. The summed E-state index contributed by atoms with van der Waals surface area (Å²) in [6, 6.07) is 22.4. The van der Waals surface area contributed by atoms with Crippen LogP contribution in [0.25, 0.3) is 10.9 Å². The summed E-state index contributed by atoms with van der Waals surface area (Å²) in [5.41, 5.74) is 4.31. The molecule has 7 heteroatoms. The Morgan fingerprint density at radius 2 is 1.70 bits per heavy atom. The van der Waals surface area contributed by atoms with E-state index < -0.39 is 0 Å². The molecule has 190 valence electrons. The maximum Gasteiger partial charge on any atom is 0.219 e. The van der Waals surface area contributed by atoms with Gasteiger partial charge in [0.1, 0.15) is 30.5 Å². The van der Waals surface area contributed by atoms with Crippen molar-refractivity contribution < 1.29 is 18.7 Å². The number of carbonyl (C=O) groups is 1. The minimum atomic E-state index is -0.330. The normalized spacial score (nSPS) is 13.6. The SMILES string of the molecule is CC(=O)N1CCN(c2cccc(OCc3nc4ccc(F)cc4c(OCc4ccccc4)c3C)c2)CC1. The van der Waals surface area contributed by atoms with Gasteiger partial charge in [0.05, 0.1) is 11.2 Å². The van der Waals surface area contributed by atoms with Crippen LogP contribution in [0.1, 0.15) is 23.7 Å². The number of anilines is 1. The molecule has 1 fully saturated rings. The van der Waals surface area contributed by atoms with Crippen molar-refractivity contribution in [1.82, 2.24) is 9.88 Å². The lowest BCUT2D eigenvalue weighted by Crippen LogP contribution is -2.48. The van der Waals surface area contributed by atoms with Crippen LogP contribution < -0.4 is 14.4 Å². The molecule has 3 aromatic carbocycles. The van der Waals surface area contributed by atoms with Crippen molar-refractivity contribution >= 4 is 22.5 Å². The minimum absolute atomic E-state index is 0.116. The summed E-state index contributed by atoms with van der Waals surface area (Å²) in [6.45, 7) is 7.17. The van der Waals surface area contributed by atoms with Crippen molar-refractivity contribution in [1.29, 1.82) is 0 Å². The van der Waals surface area contributed by atoms with Crippen LogP contribution in [0.4, 0.5) is 10.1 Å². The number of ether oxygens (including phenoxy) is 2. The third-order valence-electron chi connectivity index (χ3n) is 6.74. The smallest absolute Gasteiger partial charge is 0.219 e. The van der Waals surface area contributed by atoms with E-state index in [1.54, 1.807) is 13.0 Å². The van der Waals surface area contributed by atoms with E-state index >= 15 is 0 Å². The first-order valence-electron chi connectivity index (χ1n) is 12.5. The van der Waals surface area contributed by atoms with Crippen molar-refractivity contribution in [3.63, 3.8) is 0 Å². The number of piperazine rings is 1. The van der Waals surface area contributed by atoms with Crippen LogP contribution >= 0.6 is 0 Å². The van der Waals surface area contributed by atoms with E-state index in [2.05, 4.69) is 11.0 Å². The van der Waals surface area contributed by atoms with Crippen LogP contribution in [0.5, 0.6) is 11.5 Å². The molecular weight excluding hydrogens is 469 g/mol. The number of rotatable bonds is 7. The first-order chi connectivity index (χ1) is 18.0. The molecule has 0 radical (unpaired) electrons. The quantitative estimate of drug-likeness (QED) is 0.336. The number of amides is 1. The largest absolute Gasteiger partial charge is 0.488 e. The molecule has 4 aromatic rings. The molecule has 5 rings (SSSR count). The van der Waals surface area contributed by atoms with Crippen LogP contribution in [-0.4, -0.2) is 42.0 Å². The first-order valence-corrected chi connectivity index (χ1v) is 12.5. The highest BCUT2D eigenvalue weighted by Gasteiger charge is 2.19. The number of benzene rings is 3. The average Bonchev–Trinajstić information content (AvgIpc) is 2.92. The fourth-order valence-corrected chi connectivity index (χ4v) is 4.61. The van der Waals surface area contributed by atoms with Gasteiger partial charge in [0.2, 0.25) is 5.91 Å². The number of fused-ring (bicyclic) bond motifs is 1. The minimum Gasteiger partial charge on any atom is -0.488 e. The highest BCUT2D eigenvalue weighted by molar-refractivity contribution is 5.86. The van der Waals surface area contributed by atoms with Crippen molar-refractivity contribution in [3.8, 4) is 11.5 Å². The number of hydrogen-bond donors (Lipinski definition) is 0. The summed E-state index contributed by atoms with van der Waals surface area (Å²) in [7, 11) is 0. The number of hydrogen-bond acceptors (Lipinski definition) is 5. The van der Waals surface area contributed by atoms with Crippen molar-refractivity contribution in [3.05, 3.63) is 95.4 Å². The summed E-state index contributed by atoms with van der Waals surface area (Å²) in [5.74, 6) is 1.13. The Labute approximate surface area is 216 Å². The third kappa shape index (κ3) is 5.66. The van der Waals surface area contributed by atoms with Gasteiger partial charge in [0.25, 0.3) is 0 Å². The van der Waals surface area contributed by atoms with Gasteiger partial charge in [0, 0.05) is 55.8 Å². The van der Waals surface area contributed by atoms with Crippen LogP contribution in [0, 0.1) is 12.7 Å². The predicted molar refractivity (Wildman–Crippen MR) is 142 cm³/mol. The summed E-state index contributed by atoms with van der Waals surface area (Å²) in [5, 5.41) is 0.642. The van der Waals surface area contributed by atoms with Crippen LogP contribution in [0.2, 0.25) is 0 Å². The Morgan fingerprint density at radius 1 is 0.919 bits per heavy atom. The fraction of sp³-hybridized carbons (Fsp3) is 0.267. The van der Waals surface area contributed by atoms with E-state index in [4.69, 9.17) is 14.5 Å². The molecule has 2 heterocycles.